The number of ether oxygens (including phenoxy) is 1. The number of halogens is 4. The summed E-state index contributed by atoms with van der Waals surface area (Å²) in [5, 5.41) is 17.8. The van der Waals surface area contributed by atoms with Crippen LogP contribution >= 0.6 is 11.3 Å². The van der Waals surface area contributed by atoms with Crippen LogP contribution in [0.15, 0.2) is 42.3 Å². The molecule has 3 N–H and O–H groups in total. The minimum absolute atomic E-state index is 0.117. The maximum absolute atomic E-state index is 13.7. The van der Waals surface area contributed by atoms with E-state index < -0.39 is 17.3 Å². The minimum atomic E-state index is -4.61. The van der Waals surface area contributed by atoms with Crippen molar-refractivity contribution in [1.82, 2.24) is 10.2 Å². The summed E-state index contributed by atoms with van der Waals surface area (Å²) >= 11 is 1.03. The summed E-state index contributed by atoms with van der Waals surface area (Å²) < 4.78 is 60.0. The van der Waals surface area contributed by atoms with Crippen molar-refractivity contribution in [3.05, 3.63) is 52.8 Å². The molecule has 3 rings (SSSR count). The molecule has 1 heterocycles. The van der Waals surface area contributed by atoms with Crippen molar-refractivity contribution >= 4 is 11.3 Å². The van der Waals surface area contributed by atoms with Crippen LogP contribution in [-0.4, -0.2) is 28.5 Å². The number of rotatable bonds is 9. The molecule has 0 spiro atoms. The summed E-state index contributed by atoms with van der Waals surface area (Å²) in [7, 11) is 0. The van der Waals surface area contributed by atoms with Gasteiger partial charge in [-0.3, -0.25) is 0 Å². The van der Waals surface area contributed by atoms with Crippen LogP contribution in [0.4, 0.5) is 17.6 Å². The number of unbranched alkanes of at least 4 members (excludes halogenated alkanes) is 1. The number of aliphatic hydroxyl groups is 1. The molecule has 1 aliphatic rings. The summed E-state index contributed by atoms with van der Waals surface area (Å²) in [4.78, 5) is 0. The topological polar surface area (TPSA) is 81.3 Å². The van der Waals surface area contributed by atoms with Gasteiger partial charge in [0.05, 0.1) is 24.3 Å². The number of nitrogens with two attached hydrogens (primary N) is 1. The lowest BCUT2D eigenvalue weighted by Gasteiger charge is -2.26. The number of alkyl halides is 3. The molecule has 0 aliphatic heterocycles. The Bertz CT molecular complexity index is 1030. The van der Waals surface area contributed by atoms with Crippen LogP contribution in [0.2, 0.25) is 0 Å². The quantitative estimate of drug-likeness (QED) is 0.349. The van der Waals surface area contributed by atoms with E-state index in [-0.39, 0.29) is 40.8 Å². The van der Waals surface area contributed by atoms with Gasteiger partial charge in [-0.05, 0) is 68.4 Å². The summed E-state index contributed by atoms with van der Waals surface area (Å²) in [6, 6.07) is 3.75. The first-order valence-corrected chi connectivity index (χ1v) is 11.4. The van der Waals surface area contributed by atoms with Crippen molar-refractivity contribution in [3.63, 3.8) is 0 Å². The highest BCUT2D eigenvalue weighted by Crippen LogP contribution is 2.40. The van der Waals surface area contributed by atoms with E-state index in [0.717, 1.165) is 23.8 Å². The van der Waals surface area contributed by atoms with Gasteiger partial charge >= 0.3 is 6.18 Å². The summed E-state index contributed by atoms with van der Waals surface area (Å²) in [5.74, 6) is -0.516. The van der Waals surface area contributed by atoms with Gasteiger partial charge in [0.2, 0.25) is 0 Å². The maximum atomic E-state index is 13.7. The first-order chi connectivity index (χ1) is 15.4. The van der Waals surface area contributed by atoms with Gasteiger partial charge in [-0.25, -0.2) is 4.39 Å². The van der Waals surface area contributed by atoms with Crippen molar-refractivity contribution in [2.24, 2.45) is 11.1 Å². The number of benzene rings is 1. The third-order valence-electron chi connectivity index (χ3n) is 5.52. The van der Waals surface area contributed by atoms with E-state index in [1.54, 1.807) is 19.1 Å². The largest absolute Gasteiger partial charge is 0.493 e. The molecule has 0 amide bonds. The Morgan fingerprint density at radius 2 is 2.00 bits per heavy atom. The second-order valence-electron chi connectivity index (χ2n) is 8.79. The predicted octanol–water partition coefficient (Wildman–Crippen LogP) is 5.76. The molecule has 1 unspecified atom stereocenters. The van der Waals surface area contributed by atoms with E-state index in [4.69, 9.17) is 10.5 Å². The standard InChI is InChI=1S/C23H27F4N3O2S/c1-21(10-5-6-16(24)13-21)9-3-4-11-32-18-8-7-15(12-17(18)23(25,26)27)19-29-30-20(33-19)22(2,28)14-31/h5-8,12-13,31H,3-4,9-11,14,28H2,1-2H3/t21?,22-/m0/s1. The van der Waals surface area contributed by atoms with Gasteiger partial charge in [-0.15, -0.1) is 10.2 Å². The summed E-state index contributed by atoms with van der Waals surface area (Å²) in [6.45, 7) is 3.27. The molecule has 2 aromatic rings. The Morgan fingerprint density at radius 1 is 1.24 bits per heavy atom. The van der Waals surface area contributed by atoms with Gasteiger partial charge in [0, 0.05) is 5.56 Å². The van der Waals surface area contributed by atoms with Crippen molar-refractivity contribution < 1.29 is 27.4 Å². The fourth-order valence-corrected chi connectivity index (χ4v) is 4.41. The lowest BCUT2D eigenvalue weighted by molar-refractivity contribution is -0.138. The smallest absolute Gasteiger partial charge is 0.419 e. The Labute approximate surface area is 194 Å². The van der Waals surface area contributed by atoms with Crippen LogP contribution in [0.3, 0.4) is 0 Å². The van der Waals surface area contributed by atoms with E-state index in [1.165, 1.54) is 18.2 Å². The molecule has 33 heavy (non-hydrogen) atoms. The summed E-state index contributed by atoms with van der Waals surface area (Å²) in [6.07, 6.45) is 2.91. The average molecular weight is 486 g/mol. The van der Waals surface area contributed by atoms with E-state index >= 15 is 0 Å². The monoisotopic (exact) mass is 485 g/mol. The fourth-order valence-electron chi connectivity index (χ4n) is 3.52. The van der Waals surface area contributed by atoms with Crippen molar-refractivity contribution in [3.8, 4) is 16.3 Å². The molecular formula is C23H27F4N3O2S. The molecule has 1 aromatic carbocycles. The molecule has 1 aromatic heterocycles. The molecule has 1 aliphatic carbocycles. The number of allylic oxidation sites excluding steroid dienone is 4. The Hall–Kier alpha value is -2.30. The van der Waals surface area contributed by atoms with Gasteiger partial charge in [-0.2, -0.15) is 13.2 Å². The van der Waals surface area contributed by atoms with Crippen LogP contribution in [0.1, 0.15) is 50.1 Å². The number of aromatic nitrogens is 2. The lowest BCUT2D eigenvalue weighted by atomic mass is 9.79. The van der Waals surface area contributed by atoms with Crippen molar-refractivity contribution in [2.45, 2.75) is 51.2 Å². The zero-order chi connectivity index (χ0) is 24.3. The highest BCUT2D eigenvalue weighted by atomic mass is 32.1. The molecule has 0 fully saturated rings. The Balaban J connectivity index is 1.66. The molecule has 5 nitrogen and oxygen atoms in total. The average Bonchev–Trinajstić information content (AvgIpc) is 3.24. The number of hydrogen-bond donors (Lipinski definition) is 2. The van der Waals surface area contributed by atoms with E-state index in [9.17, 15) is 22.7 Å². The van der Waals surface area contributed by atoms with E-state index in [0.29, 0.717) is 24.3 Å². The Kier molecular flexibility index (Phi) is 7.60. The van der Waals surface area contributed by atoms with Gasteiger partial charge in [0.25, 0.3) is 0 Å². The third kappa shape index (κ3) is 6.39. The van der Waals surface area contributed by atoms with Crippen LogP contribution in [-0.2, 0) is 11.7 Å². The molecule has 10 heteroatoms. The van der Waals surface area contributed by atoms with Gasteiger partial charge in [-0.1, -0.05) is 24.3 Å². The van der Waals surface area contributed by atoms with E-state index in [2.05, 4.69) is 10.2 Å². The number of nitrogens with zero attached hydrogens (tertiary/aromatic N) is 2. The van der Waals surface area contributed by atoms with E-state index in [1.807, 2.05) is 6.92 Å². The van der Waals surface area contributed by atoms with Gasteiger partial charge < -0.3 is 15.6 Å². The fraction of sp³-hybridized carbons (Fsp3) is 0.478. The SMILES string of the molecule is CC1(CCCCOc2ccc(-c3nnc([C@@](C)(N)CO)s3)cc2C(F)(F)F)C=C(F)C=CC1. The van der Waals surface area contributed by atoms with Crippen LogP contribution in [0.5, 0.6) is 5.75 Å². The molecule has 0 bridgehead atoms. The normalized spacial score (nSPS) is 20.4. The van der Waals surface area contributed by atoms with Crippen LogP contribution in [0, 0.1) is 5.41 Å². The van der Waals surface area contributed by atoms with Gasteiger partial charge in [0.15, 0.2) is 0 Å². The molecule has 2 atom stereocenters. The molecule has 0 saturated heterocycles. The third-order valence-corrected chi connectivity index (χ3v) is 6.77. The first-order valence-electron chi connectivity index (χ1n) is 10.6. The Morgan fingerprint density at radius 3 is 2.67 bits per heavy atom. The minimum Gasteiger partial charge on any atom is -0.493 e. The van der Waals surface area contributed by atoms with Gasteiger partial charge in [0.1, 0.15) is 21.6 Å². The molecular weight excluding hydrogens is 458 g/mol. The van der Waals surface area contributed by atoms with Crippen molar-refractivity contribution in [1.29, 1.82) is 0 Å². The highest BCUT2D eigenvalue weighted by molar-refractivity contribution is 7.14. The number of hydrogen-bond acceptors (Lipinski definition) is 6. The molecule has 0 saturated carbocycles. The zero-order valence-electron chi connectivity index (χ0n) is 18.5. The second kappa shape index (κ2) is 9.90. The number of aliphatic hydroxyl groups excluding tert-OH is 1. The zero-order valence-corrected chi connectivity index (χ0v) is 19.3. The predicted molar refractivity (Wildman–Crippen MR) is 119 cm³/mol. The molecule has 180 valence electrons. The first kappa shape index (κ1) is 25.3. The second-order valence-corrected chi connectivity index (χ2v) is 9.77. The lowest BCUT2D eigenvalue weighted by Crippen LogP contribution is -2.36. The molecule has 0 radical (unpaired) electrons. The van der Waals surface area contributed by atoms with Crippen LogP contribution < -0.4 is 10.5 Å². The summed E-state index contributed by atoms with van der Waals surface area (Å²) in [5.41, 5.74) is 3.85. The van der Waals surface area contributed by atoms with Crippen molar-refractivity contribution in [2.75, 3.05) is 13.2 Å². The van der Waals surface area contributed by atoms with Crippen LogP contribution in [0.25, 0.3) is 10.6 Å². The maximum Gasteiger partial charge on any atom is 0.419 e. The highest BCUT2D eigenvalue weighted by Gasteiger charge is 2.35.